The standard InChI is InChI=1S/C14H18INO2/c1-18-9-3-2-7-16-8-6-11-4-5-12(15)10-13(11)14(16)17/h4-5,10H,2-3,6-9H2,1H3. The smallest absolute Gasteiger partial charge is 0.254 e. The molecule has 0 N–H and O–H groups in total. The van der Waals surface area contributed by atoms with Crippen LogP contribution in [0.4, 0.5) is 0 Å². The topological polar surface area (TPSA) is 29.5 Å². The molecule has 1 aliphatic rings. The van der Waals surface area contributed by atoms with Gasteiger partial charge in [-0.25, -0.2) is 0 Å². The summed E-state index contributed by atoms with van der Waals surface area (Å²) in [6, 6.07) is 6.15. The summed E-state index contributed by atoms with van der Waals surface area (Å²) in [4.78, 5) is 14.3. The van der Waals surface area contributed by atoms with Gasteiger partial charge < -0.3 is 9.64 Å². The minimum absolute atomic E-state index is 0.187. The van der Waals surface area contributed by atoms with Crippen LogP contribution in [0.1, 0.15) is 28.8 Å². The first kappa shape index (κ1) is 13.8. The van der Waals surface area contributed by atoms with Gasteiger partial charge in [-0.3, -0.25) is 4.79 Å². The molecule has 2 rings (SSSR count). The van der Waals surface area contributed by atoms with Gasteiger partial charge in [-0.05, 0) is 59.5 Å². The van der Waals surface area contributed by atoms with Crippen LogP contribution in [0.2, 0.25) is 0 Å². The number of unbranched alkanes of at least 4 members (excludes halogenated alkanes) is 1. The number of ether oxygens (including phenoxy) is 1. The van der Waals surface area contributed by atoms with Crippen LogP contribution in [0.15, 0.2) is 18.2 Å². The van der Waals surface area contributed by atoms with E-state index in [1.54, 1.807) is 7.11 Å². The van der Waals surface area contributed by atoms with Crippen molar-refractivity contribution < 1.29 is 9.53 Å². The molecule has 0 bridgehead atoms. The molecule has 0 aliphatic carbocycles. The Labute approximate surface area is 122 Å². The van der Waals surface area contributed by atoms with E-state index >= 15 is 0 Å². The van der Waals surface area contributed by atoms with E-state index in [1.165, 1.54) is 5.56 Å². The van der Waals surface area contributed by atoms with Gasteiger partial charge >= 0.3 is 0 Å². The van der Waals surface area contributed by atoms with Gasteiger partial charge in [-0.1, -0.05) is 6.07 Å². The van der Waals surface area contributed by atoms with E-state index in [1.807, 2.05) is 11.0 Å². The third kappa shape index (κ3) is 3.23. The molecule has 4 heteroatoms. The number of fused-ring (bicyclic) bond motifs is 1. The molecule has 0 atom stereocenters. The van der Waals surface area contributed by atoms with Crippen molar-refractivity contribution in [3.63, 3.8) is 0 Å². The molecule has 1 aromatic carbocycles. The molecule has 18 heavy (non-hydrogen) atoms. The number of halogens is 1. The zero-order chi connectivity index (χ0) is 13.0. The summed E-state index contributed by atoms with van der Waals surface area (Å²) < 4.78 is 6.15. The Morgan fingerprint density at radius 1 is 1.39 bits per heavy atom. The van der Waals surface area contributed by atoms with Crippen LogP contribution in [-0.4, -0.2) is 37.6 Å². The SMILES string of the molecule is COCCCCN1CCc2ccc(I)cc2C1=O. The fourth-order valence-electron chi connectivity index (χ4n) is 2.26. The number of nitrogens with zero attached hydrogens (tertiary/aromatic N) is 1. The van der Waals surface area contributed by atoms with E-state index < -0.39 is 0 Å². The molecule has 1 amide bonds. The maximum absolute atomic E-state index is 12.3. The summed E-state index contributed by atoms with van der Waals surface area (Å²) >= 11 is 2.26. The molecule has 0 aromatic heterocycles. The number of methoxy groups -OCH3 is 1. The molecule has 1 aliphatic heterocycles. The van der Waals surface area contributed by atoms with Gasteiger partial charge in [-0.2, -0.15) is 0 Å². The van der Waals surface area contributed by atoms with Gasteiger partial charge in [0.15, 0.2) is 0 Å². The lowest BCUT2D eigenvalue weighted by atomic mass is 9.99. The van der Waals surface area contributed by atoms with Crippen molar-refractivity contribution in [3.05, 3.63) is 32.9 Å². The lowest BCUT2D eigenvalue weighted by Crippen LogP contribution is -2.38. The first-order chi connectivity index (χ1) is 8.72. The zero-order valence-corrected chi connectivity index (χ0v) is 12.8. The number of hydrogen-bond acceptors (Lipinski definition) is 2. The first-order valence-electron chi connectivity index (χ1n) is 6.29. The molecule has 1 aromatic rings. The Balaban J connectivity index is 1.99. The predicted molar refractivity (Wildman–Crippen MR) is 79.9 cm³/mol. The highest BCUT2D eigenvalue weighted by Gasteiger charge is 2.23. The molecule has 1 heterocycles. The Morgan fingerprint density at radius 3 is 3.00 bits per heavy atom. The Hall–Kier alpha value is -0.620. The number of carbonyl (C=O) groups is 1. The van der Waals surface area contributed by atoms with E-state index in [2.05, 4.69) is 34.7 Å². The minimum atomic E-state index is 0.187. The number of rotatable bonds is 5. The van der Waals surface area contributed by atoms with E-state index in [0.29, 0.717) is 0 Å². The van der Waals surface area contributed by atoms with Crippen LogP contribution in [0, 0.1) is 3.57 Å². The highest BCUT2D eigenvalue weighted by molar-refractivity contribution is 14.1. The quantitative estimate of drug-likeness (QED) is 0.598. The van der Waals surface area contributed by atoms with Crippen LogP contribution >= 0.6 is 22.6 Å². The fraction of sp³-hybridized carbons (Fsp3) is 0.500. The van der Waals surface area contributed by atoms with Crippen molar-refractivity contribution >= 4 is 28.5 Å². The van der Waals surface area contributed by atoms with Gasteiger partial charge in [0.25, 0.3) is 5.91 Å². The highest BCUT2D eigenvalue weighted by Crippen LogP contribution is 2.21. The van der Waals surface area contributed by atoms with E-state index in [-0.39, 0.29) is 5.91 Å². The van der Waals surface area contributed by atoms with Crippen molar-refractivity contribution in [2.45, 2.75) is 19.3 Å². The first-order valence-corrected chi connectivity index (χ1v) is 7.37. The van der Waals surface area contributed by atoms with E-state index in [4.69, 9.17) is 4.74 Å². The zero-order valence-electron chi connectivity index (χ0n) is 10.6. The fourth-order valence-corrected chi connectivity index (χ4v) is 2.75. The van der Waals surface area contributed by atoms with Crippen LogP contribution in [0.5, 0.6) is 0 Å². The van der Waals surface area contributed by atoms with E-state index in [9.17, 15) is 4.79 Å². The third-order valence-corrected chi connectivity index (χ3v) is 3.94. The van der Waals surface area contributed by atoms with Crippen molar-refractivity contribution in [1.82, 2.24) is 4.90 Å². The summed E-state index contributed by atoms with van der Waals surface area (Å²) in [7, 11) is 1.71. The molecule has 0 fully saturated rings. The highest BCUT2D eigenvalue weighted by atomic mass is 127. The summed E-state index contributed by atoms with van der Waals surface area (Å²) in [5, 5.41) is 0. The Kier molecular flexibility index (Phi) is 5.00. The number of hydrogen-bond donors (Lipinski definition) is 0. The largest absolute Gasteiger partial charge is 0.385 e. The van der Waals surface area contributed by atoms with E-state index in [0.717, 1.165) is 48.1 Å². The monoisotopic (exact) mass is 359 g/mol. The molecule has 0 radical (unpaired) electrons. The number of amides is 1. The molecule has 0 spiro atoms. The summed E-state index contributed by atoms with van der Waals surface area (Å²) in [5.74, 6) is 0.187. The van der Waals surface area contributed by atoms with Crippen LogP contribution in [-0.2, 0) is 11.2 Å². The average molecular weight is 359 g/mol. The van der Waals surface area contributed by atoms with Crippen LogP contribution in [0.3, 0.4) is 0 Å². The normalized spacial score (nSPS) is 14.8. The van der Waals surface area contributed by atoms with Crippen molar-refractivity contribution in [3.8, 4) is 0 Å². The molecule has 0 saturated heterocycles. The van der Waals surface area contributed by atoms with Crippen molar-refractivity contribution in [1.29, 1.82) is 0 Å². The molecule has 3 nitrogen and oxygen atoms in total. The van der Waals surface area contributed by atoms with Gasteiger partial charge in [0.05, 0.1) is 0 Å². The van der Waals surface area contributed by atoms with Gasteiger partial charge in [-0.15, -0.1) is 0 Å². The minimum Gasteiger partial charge on any atom is -0.385 e. The predicted octanol–water partition coefficient (Wildman–Crippen LogP) is 2.72. The summed E-state index contributed by atoms with van der Waals surface area (Å²) in [6.07, 6.45) is 3.00. The lowest BCUT2D eigenvalue weighted by molar-refractivity contribution is 0.0731. The molecule has 98 valence electrons. The second kappa shape index (κ2) is 6.52. The second-order valence-corrected chi connectivity index (χ2v) is 5.79. The lowest BCUT2D eigenvalue weighted by Gasteiger charge is -2.28. The number of benzene rings is 1. The van der Waals surface area contributed by atoms with Crippen LogP contribution < -0.4 is 0 Å². The molecule has 0 unspecified atom stereocenters. The summed E-state index contributed by atoms with van der Waals surface area (Å²) in [6.45, 7) is 2.46. The molecular formula is C14H18INO2. The van der Waals surface area contributed by atoms with Crippen molar-refractivity contribution in [2.75, 3.05) is 26.8 Å². The second-order valence-electron chi connectivity index (χ2n) is 4.54. The van der Waals surface area contributed by atoms with Crippen molar-refractivity contribution in [2.24, 2.45) is 0 Å². The Bertz CT molecular complexity index is 434. The maximum Gasteiger partial charge on any atom is 0.254 e. The number of carbonyl (C=O) groups excluding carboxylic acids is 1. The van der Waals surface area contributed by atoms with Gasteiger partial charge in [0.2, 0.25) is 0 Å². The summed E-state index contributed by atoms with van der Waals surface area (Å²) in [5.41, 5.74) is 2.08. The molecular weight excluding hydrogens is 341 g/mol. The Morgan fingerprint density at radius 2 is 2.22 bits per heavy atom. The maximum atomic E-state index is 12.3. The van der Waals surface area contributed by atoms with Gasteiger partial charge in [0.1, 0.15) is 0 Å². The third-order valence-electron chi connectivity index (χ3n) is 3.27. The van der Waals surface area contributed by atoms with Crippen LogP contribution in [0.25, 0.3) is 0 Å². The average Bonchev–Trinajstić information content (AvgIpc) is 2.38. The molecule has 0 saturated carbocycles. The van der Waals surface area contributed by atoms with Gasteiger partial charge in [0, 0.05) is 35.9 Å².